The lowest BCUT2D eigenvalue weighted by Crippen LogP contribution is -2.51. The van der Waals surface area contributed by atoms with Gasteiger partial charge in [0.1, 0.15) is 9.85 Å². The van der Waals surface area contributed by atoms with Crippen LogP contribution < -0.4 is 10.9 Å². The van der Waals surface area contributed by atoms with Gasteiger partial charge in [0, 0.05) is 50.4 Å². The molecule has 5 rings (SSSR count). The van der Waals surface area contributed by atoms with Gasteiger partial charge in [-0.1, -0.05) is 0 Å². The van der Waals surface area contributed by atoms with Crippen molar-refractivity contribution in [2.24, 2.45) is 10.2 Å². The van der Waals surface area contributed by atoms with Crippen molar-refractivity contribution in [3.8, 4) is 0 Å². The predicted molar refractivity (Wildman–Crippen MR) is 160 cm³/mol. The second kappa shape index (κ2) is 13.2. The molecule has 1 aliphatic heterocycles. The van der Waals surface area contributed by atoms with Gasteiger partial charge in [-0.25, -0.2) is 0 Å². The molecule has 1 fully saturated rings. The van der Waals surface area contributed by atoms with Crippen LogP contribution in [0.1, 0.15) is 11.5 Å². The van der Waals surface area contributed by atoms with Gasteiger partial charge in [-0.3, -0.25) is 51.3 Å². The zero-order valence-electron chi connectivity index (χ0n) is 23.4. The van der Waals surface area contributed by atoms with Gasteiger partial charge in [0.05, 0.1) is 33.4 Å². The first kappa shape index (κ1) is 30.6. The third-order valence-corrected chi connectivity index (χ3v) is 6.60. The topological polar surface area (TPSA) is 254 Å². The van der Waals surface area contributed by atoms with Crippen LogP contribution >= 0.6 is 0 Å². The zero-order chi connectivity index (χ0) is 32.8. The molecule has 0 amide bonds. The fourth-order valence-electron chi connectivity index (χ4n) is 4.34. The van der Waals surface area contributed by atoms with Gasteiger partial charge in [0.25, 0.3) is 11.4 Å². The Bertz CT molecular complexity index is 1690. The van der Waals surface area contributed by atoms with Gasteiger partial charge >= 0.3 is 11.8 Å². The van der Waals surface area contributed by atoms with Crippen molar-refractivity contribution in [3.63, 3.8) is 0 Å². The number of furan rings is 2. The minimum Gasteiger partial charge on any atom is -0.397 e. The number of non-ortho nitro benzene ring substituents is 2. The number of piperazine rings is 1. The normalized spacial score (nSPS) is 13.7. The number of nitrogens with zero attached hydrogens (tertiary/aromatic N) is 8. The average molecular weight is 635 g/mol. The van der Waals surface area contributed by atoms with Crippen molar-refractivity contribution in [1.82, 2.24) is 9.80 Å². The largest absolute Gasteiger partial charge is 0.433 e. The van der Waals surface area contributed by atoms with Crippen molar-refractivity contribution >= 4 is 46.2 Å². The fourth-order valence-corrected chi connectivity index (χ4v) is 4.34. The minimum atomic E-state index is -0.688. The van der Waals surface area contributed by atoms with Crippen LogP contribution in [0.4, 0.5) is 34.5 Å². The zero-order valence-corrected chi connectivity index (χ0v) is 23.4. The van der Waals surface area contributed by atoms with E-state index in [1.807, 2.05) is 0 Å². The summed E-state index contributed by atoms with van der Waals surface area (Å²) in [6.45, 7) is 1.09. The van der Waals surface area contributed by atoms with Crippen molar-refractivity contribution in [2.75, 3.05) is 37.0 Å². The highest BCUT2D eigenvalue weighted by Gasteiger charge is 2.29. The molecule has 0 atom stereocenters. The molecule has 0 spiro atoms. The van der Waals surface area contributed by atoms with E-state index in [2.05, 4.69) is 21.1 Å². The summed E-state index contributed by atoms with van der Waals surface area (Å²) >= 11 is 0. The van der Waals surface area contributed by atoms with Crippen molar-refractivity contribution in [1.29, 1.82) is 0 Å². The molecule has 0 saturated carbocycles. The Kier molecular flexibility index (Phi) is 8.78. The molecule has 0 aliphatic carbocycles. The second-order valence-electron chi connectivity index (χ2n) is 9.47. The first-order valence-electron chi connectivity index (χ1n) is 13.2. The summed E-state index contributed by atoms with van der Waals surface area (Å²) in [5.41, 5.74) is 6.18. The number of rotatable bonds is 10. The van der Waals surface area contributed by atoms with E-state index in [4.69, 9.17) is 8.83 Å². The molecule has 20 heteroatoms. The molecule has 0 unspecified atom stereocenters. The van der Waals surface area contributed by atoms with Gasteiger partial charge in [0.15, 0.2) is 23.2 Å². The van der Waals surface area contributed by atoms with Crippen LogP contribution in [0.2, 0.25) is 0 Å². The first-order valence-corrected chi connectivity index (χ1v) is 13.2. The molecular formula is C26H22N10O10. The number of nitro groups is 4. The highest BCUT2D eigenvalue weighted by atomic mass is 16.7. The van der Waals surface area contributed by atoms with Crippen LogP contribution in [-0.2, 0) is 0 Å². The molecule has 4 aromatic rings. The summed E-state index contributed by atoms with van der Waals surface area (Å²) in [4.78, 5) is 45.6. The first-order chi connectivity index (χ1) is 22.1. The molecule has 2 N–H and O–H groups in total. The van der Waals surface area contributed by atoms with E-state index in [1.54, 1.807) is 9.80 Å². The Morgan fingerprint density at radius 3 is 1.17 bits per heavy atom. The van der Waals surface area contributed by atoms with Crippen molar-refractivity contribution in [3.05, 3.63) is 125 Å². The summed E-state index contributed by atoms with van der Waals surface area (Å²) in [7, 11) is 0. The van der Waals surface area contributed by atoms with Crippen molar-refractivity contribution < 1.29 is 28.5 Å². The Labute approximate surface area is 256 Å². The molecule has 46 heavy (non-hydrogen) atoms. The van der Waals surface area contributed by atoms with Gasteiger partial charge in [-0.15, -0.1) is 0 Å². The average Bonchev–Trinajstić information content (AvgIpc) is 3.74. The van der Waals surface area contributed by atoms with E-state index in [-0.39, 0.29) is 60.7 Å². The molecule has 236 valence electrons. The third kappa shape index (κ3) is 7.02. The van der Waals surface area contributed by atoms with Gasteiger partial charge < -0.3 is 18.6 Å². The Morgan fingerprint density at radius 1 is 0.543 bits per heavy atom. The SMILES string of the molecule is O=[N+]([O-])c1ccc(N/N=C(\c2ccc([N+](=O)[O-])o2)N2CCN(/C(=N/Nc3ccc([N+](=O)[O-])cc3)c3ccc([N+](=O)[O-])o3)CC2)cc1. The lowest BCUT2D eigenvalue weighted by molar-refractivity contribution is -0.402. The Hall–Kier alpha value is -6.86. The monoisotopic (exact) mass is 634 g/mol. The Morgan fingerprint density at radius 2 is 0.891 bits per heavy atom. The number of anilines is 2. The number of hydrogen-bond acceptors (Lipinski definition) is 14. The van der Waals surface area contributed by atoms with Crippen LogP contribution in [0.15, 0.2) is 91.8 Å². The molecule has 1 aliphatic rings. The smallest absolute Gasteiger partial charge is 0.397 e. The molecule has 3 heterocycles. The fraction of sp³-hybridized carbons (Fsp3) is 0.154. The van der Waals surface area contributed by atoms with Crippen LogP contribution in [0.5, 0.6) is 0 Å². The van der Waals surface area contributed by atoms with Gasteiger partial charge in [-0.2, -0.15) is 10.2 Å². The summed E-state index contributed by atoms with van der Waals surface area (Å²) in [5, 5.41) is 53.3. The maximum Gasteiger partial charge on any atom is 0.433 e. The molecule has 20 nitrogen and oxygen atoms in total. The highest BCUT2D eigenvalue weighted by Crippen LogP contribution is 2.23. The maximum absolute atomic E-state index is 11.3. The van der Waals surface area contributed by atoms with Crippen LogP contribution in [0.3, 0.4) is 0 Å². The summed E-state index contributed by atoms with van der Waals surface area (Å²) in [6, 6.07) is 16.1. The minimum absolute atomic E-state index is 0.0879. The summed E-state index contributed by atoms with van der Waals surface area (Å²) < 4.78 is 10.8. The molecule has 0 bridgehead atoms. The standard InChI is InChI=1S/C26H22N10O10/c37-33(38)19-5-1-17(2-6-19)27-29-25(21-9-11-23(45-21)35(41)42)31-13-15-32(16-14-31)26(22-10-12-24(46-22)36(43)44)30-28-18-3-7-20(8-4-18)34(39)40/h1-12,27-28H,13-16H2/b29-25+,30-26+. The number of hydrogen-bond donors (Lipinski definition) is 2. The summed E-state index contributed by atoms with van der Waals surface area (Å²) in [6.07, 6.45) is 0. The predicted octanol–water partition coefficient (Wildman–Crippen LogP) is 4.37. The number of benzene rings is 2. The van der Waals surface area contributed by atoms with Crippen LogP contribution in [-0.4, -0.2) is 67.3 Å². The van der Waals surface area contributed by atoms with Crippen LogP contribution in [0, 0.1) is 40.5 Å². The number of nitro benzene ring substituents is 2. The lowest BCUT2D eigenvalue weighted by atomic mass is 10.2. The quantitative estimate of drug-likeness (QED) is 0.106. The molecular weight excluding hydrogens is 612 g/mol. The van der Waals surface area contributed by atoms with E-state index in [0.29, 0.717) is 11.4 Å². The molecule has 1 saturated heterocycles. The summed E-state index contributed by atoms with van der Waals surface area (Å²) in [5.74, 6) is -0.398. The Balaban J connectivity index is 1.38. The maximum atomic E-state index is 11.3. The van der Waals surface area contributed by atoms with E-state index in [9.17, 15) is 40.5 Å². The van der Waals surface area contributed by atoms with E-state index in [1.165, 1.54) is 72.8 Å². The second-order valence-corrected chi connectivity index (χ2v) is 9.47. The highest BCUT2D eigenvalue weighted by molar-refractivity contribution is 5.99. The van der Waals surface area contributed by atoms with Gasteiger partial charge in [0.2, 0.25) is 0 Å². The van der Waals surface area contributed by atoms with Crippen molar-refractivity contribution in [2.45, 2.75) is 0 Å². The van der Waals surface area contributed by atoms with E-state index >= 15 is 0 Å². The molecule has 0 radical (unpaired) electrons. The lowest BCUT2D eigenvalue weighted by Gasteiger charge is -2.36. The molecule has 2 aromatic heterocycles. The van der Waals surface area contributed by atoms with Gasteiger partial charge in [-0.05, 0) is 36.4 Å². The van der Waals surface area contributed by atoms with E-state index < -0.39 is 31.5 Å². The molecule has 2 aromatic carbocycles. The number of nitrogens with one attached hydrogen (secondary N) is 2. The number of hydrazone groups is 2. The van der Waals surface area contributed by atoms with E-state index in [0.717, 1.165) is 0 Å². The third-order valence-electron chi connectivity index (χ3n) is 6.60. The number of amidine groups is 2. The van der Waals surface area contributed by atoms with Crippen LogP contribution in [0.25, 0.3) is 0 Å².